The van der Waals surface area contributed by atoms with E-state index in [1.807, 2.05) is 11.4 Å². The maximum atomic E-state index is 12.2. The van der Waals surface area contributed by atoms with Gasteiger partial charge < -0.3 is 10.1 Å². The summed E-state index contributed by atoms with van der Waals surface area (Å²) in [4.78, 5) is 30.0. The van der Waals surface area contributed by atoms with Crippen molar-refractivity contribution in [3.8, 4) is 5.75 Å². The Morgan fingerprint density at radius 3 is 2.79 bits per heavy atom. The van der Waals surface area contributed by atoms with Gasteiger partial charge in [-0.05, 0) is 42.1 Å². The highest BCUT2D eigenvalue weighted by atomic mass is 32.1. The number of ether oxygens (including phenoxy) is 1. The fourth-order valence-corrected chi connectivity index (χ4v) is 4.32. The second-order valence-electron chi connectivity index (χ2n) is 6.27. The van der Waals surface area contributed by atoms with E-state index in [2.05, 4.69) is 22.3 Å². The predicted molar refractivity (Wildman–Crippen MR) is 114 cm³/mol. The van der Waals surface area contributed by atoms with Crippen molar-refractivity contribution >= 4 is 39.2 Å². The maximum absolute atomic E-state index is 12.2. The summed E-state index contributed by atoms with van der Waals surface area (Å²) in [5.41, 5.74) is 1.03. The molecule has 7 nitrogen and oxygen atoms in total. The van der Waals surface area contributed by atoms with Crippen molar-refractivity contribution in [1.82, 2.24) is 14.6 Å². The van der Waals surface area contributed by atoms with Crippen LogP contribution in [-0.2, 0) is 13.0 Å². The molecule has 0 saturated carbocycles. The highest BCUT2D eigenvalue weighted by Gasteiger charge is 2.10. The summed E-state index contributed by atoms with van der Waals surface area (Å²) < 4.78 is 7.08. The topological polar surface area (TPSA) is 85.6 Å². The first-order valence-corrected chi connectivity index (χ1v) is 10.8. The summed E-state index contributed by atoms with van der Waals surface area (Å²) in [5.74, 6) is 0.482. The van der Waals surface area contributed by atoms with E-state index < -0.39 is 0 Å². The molecule has 0 aliphatic rings. The number of anilines is 1. The Hall–Kier alpha value is -3.04. The molecule has 4 rings (SSSR count). The van der Waals surface area contributed by atoms with Crippen LogP contribution in [0.4, 0.5) is 5.69 Å². The number of benzene rings is 1. The molecule has 3 aromatic heterocycles. The van der Waals surface area contributed by atoms with Crippen LogP contribution in [0.1, 0.15) is 33.7 Å². The normalized spacial score (nSPS) is 10.9. The molecule has 3 heterocycles. The van der Waals surface area contributed by atoms with Gasteiger partial charge in [-0.2, -0.15) is 9.61 Å². The molecule has 29 heavy (non-hydrogen) atoms. The lowest BCUT2D eigenvalue weighted by Crippen LogP contribution is -2.16. The van der Waals surface area contributed by atoms with Gasteiger partial charge in [0.15, 0.2) is 0 Å². The Morgan fingerprint density at radius 1 is 1.24 bits per heavy atom. The number of carbonyl (C=O) groups excluding carboxylic acids is 1. The summed E-state index contributed by atoms with van der Waals surface area (Å²) in [7, 11) is 0. The quantitative estimate of drug-likeness (QED) is 0.483. The molecule has 0 spiro atoms. The van der Waals surface area contributed by atoms with Crippen LogP contribution < -0.4 is 15.6 Å². The largest absolute Gasteiger partial charge is 0.487 e. The summed E-state index contributed by atoms with van der Waals surface area (Å²) >= 11 is 2.81. The van der Waals surface area contributed by atoms with Crippen molar-refractivity contribution in [2.45, 2.75) is 26.4 Å². The van der Waals surface area contributed by atoms with Crippen LogP contribution in [0, 0.1) is 0 Å². The summed E-state index contributed by atoms with van der Waals surface area (Å²) in [6, 6.07) is 12.1. The maximum Gasteiger partial charge on any atom is 0.275 e. The monoisotopic (exact) mass is 426 g/mol. The Balaban J connectivity index is 1.41. The SMILES string of the molecule is CCCc1nn2c(=O)cc(COc3ccc(NC(=O)c4cccs4)cc3)nc2s1. The van der Waals surface area contributed by atoms with E-state index >= 15 is 0 Å². The number of nitrogens with one attached hydrogen (secondary N) is 1. The molecule has 1 N–H and O–H groups in total. The molecule has 0 bridgehead atoms. The van der Waals surface area contributed by atoms with Crippen molar-refractivity contribution in [2.24, 2.45) is 0 Å². The Kier molecular flexibility index (Phi) is 5.68. The fraction of sp³-hybridized carbons (Fsp3) is 0.200. The van der Waals surface area contributed by atoms with Crippen LogP contribution in [0.25, 0.3) is 4.96 Å². The first-order valence-electron chi connectivity index (χ1n) is 9.09. The number of hydrogen-bond donors (Lipinski definition) is 1. The third kappa shape index (κ3) is 4.52. The number of aromatic nitrogens is 3. The minimum Gasteiger partial charge on any atom is -0.487 e. The Morgan fingerprint density at radius 2 is 2.07 bits per heavy atom. The first-order chi connectivity index (χ1) is 14.1. The summed E-state index contributed by atoms with van der Waals surface area (Å²) in [5, 5.41) is 9.90. The number of amides is 1. The third-order valence-corrected chi connectivity index (χ3v) is 5.88. The smallest absolute Gasteiger partial charge is 0.275 e. The van der Waals surface area contributed by atoms with E-state index in [9.17, 15) is 9.59 Å². The van der Waals surface area contributed by atoms with E-state index in [4.69, 9.17) is 4.74 Å². The van der Waals surface area contributed by atoms with Crippen LogP contribution in [0.3, 0.4) is 0 Å². The van der Waals surface area contributed by atoms with Crippen LogP contribution in [0.15, 0.2) is 52.6 Å². The number of nitrogens with zero attached hydrogens (tertiary/aromatic N) is 3. The van der Waals surface area contributed by atoms with Crippen LogP contribution in [-0.4, -0.2) is 20.5 Å². The standard InChI is InChI=1S/C20H18N4O3S2/c1-2-4-17-23-24-18(25)11-14(22-20(24)29-17)12-27-15-8-6-13(7-9-15)21-19(26)16-5-3-10-28-16/h3,5-11H,2,4,12H2,1H3,(H,21,26). The van der Waals surface area contributed by atoms with Gasteiger partial charge in [0.25, 0.3) is 11.5 Å². The number of thiophene rings is 1. The van der Waals surface area contributed by atoms with E-state index in [0.29, 0.717) is 27.0 Å². The second-order valence-corrected chi connectivity index (χ2v) is 8.26. The van der Waals surface area contributed by atoms with Gasteiger partial charge in [0.2, 0.25) is 4.96 Å². The number of fused-ring (bicyclic) bond motifs is 1. The molecular formula is C20H18N4O3S2. The van der Waals surface area contributed by atoms with Crippen molar-refractivity contribution in [1.29, 1.82) is 0 Å². The van der Waals surface area contributed by atoms with Gasteiger partial charge in [-0.25, -0.2) is 4.98 Å². The van der Waals surface area contributed by atoms with E-state index in [1.165, 1.54) is 33.3 Å². The second kappa shape index (κ2) is 8.54. The molecule has 9 heteroatoms. The zero-order valence-electron chi connectivity index (χ0n) is 15.6. The molecule has 0 atom stereocenters. The number of hydrogen-bond acceptors (Lipinski definition) is 7. The third-order valence-electron chi connectivity index (χ3n) is 4.05. The van der Waals surface area contributed by atoms with Crippen molar-refractivity contribution in [3.63, 3.8) is 0 Å². The van der Waals surface area contributed by atoms with E-state index in [-0.39, 0.29) is 18.1 Å². The van der Waals surface area contributed by atoms with E-state index in [0.717, 1.165) is 17.8 Å². The molecule has 0 fully saturated rings. The lowest BCUT2D eigenvalue weighted by atomic mass is 10.3. The predicted octanol–water partition coefficient (Wildman–Crippen LogP) is 4.00. The van der Waals surface area contributed by atoms with Gasteiger partial charge in [0.1, 0.15) is 17.4 Å². The van der Waals surface area contributed by atoms with E-state index in [1.54, 1.807) is 30.3 Å². The minimum absolute atomic E-state index is 0.140. The Labute approximate surface area is 174 Å². The molecular weight excluding hydrogens is 408 g/mol. The van der Waals surface area contributed by atoms with Gasteiger partial charge in [-0.3, -0.25) is 9.59 Å². The average Bonchev–Trinajstić information content (AvgIpc) is 3.38. The molecule has 0 radical (unpaired) electrons. The highest BCUT2D eigenvalue weighted by Crippen LogP contribution is 2.19. The lowest BCUT2D eigenvalue weighted by Gasteiger charge is -2.07. The number of carbonyl (C=O) groups is 1. The molecule has 148 valence electrons. The number of rotatable bonds is 7. The van der Waals surface area contributed by atoms with Crippen LogP contribution in [0.2, 0.25) is 0 Å². The van der Waals surface area contributed by atoms with Crippen molar-refractivity contribution < 1.29 is 9.53 Å². The summed E-state index contributed by atoms with van der Waals surface area (Å²) in [6.07, 6.45) is 1.79. The molecule has 1 amide bonds. The van der Waals surface area contributed by atoms with Crippen LogP contribution >= 0.6 is 22.7 Å². The van der Waals surface area contributed by atoms with Crippen molar-refractivity contribution in [2.75, 3.05) is 5.32 Å². The van der Waals surface area contributed by atoms with Gasteiger partial charge in [-0.15, -0.1) is 11.3 Å². The van der Waals surface area contributed by atoms with Gasteiger partial charge in [0, 0.05) is 18.2 Å². The van der Waals surface area contributed by atoms with Gasteiger partial charge >= 0.3 is 0 Å². The summed E-state index contributed by atoms with van der Waals surface area (Å²) in [6.45, 7) is 2.24. The number of aryl methyl sites for hydroxylation is 1. The van der Waals surface area contributed by atoms with Gasteiger partial charge in [-0.1, -0.05) is 24.3 Å². The Bertz CT molecular complexity index is 1180. The zero-order valence-corrected chi connectivity index (χ0v) is 17.3. The fourth-order valence-electron chi connectivity index (χ4n) is 2.68. The average molecular weight is 427 g/mol. The van der Waals surface area contributed by atoms with Gasteiger partial charge in [0.05, 0.1) is 10.6 Å². The van der Waals surface area contributed by atoms with Crippen LogP contribution in [0.5, 0.6) is 5.75 Å². The lowest BCUT2D eigenvalue weighted by molar-refractivity contribution is 0.103. The molecule has 0 aliphatic heterocycles. The minimum atomic E-state index is -0.209. The van der Waals surface area contributed by atoms with Crippen molar-refractivity contribution in [3.05, 3.63) is 73.8 Å². The molecule has 0 aliphatic carbocycles. The molecule has 4 aromatic rings. The molecule has 0 saturated heterocycles. The zero-order chi connectivity index (χ0) is 20.2. The molecule has 0 unspecified atom stereocenters. The molecule has 1 aromatic carbocycles. The highest BCUT2D eigenvalue weighted by molar-refractivity contribution is 7.16. The first kappa shape index (κ1) is 19.3.